The van der Waals surface area contributed by atoms with Crippen LogP contribution in [0, 0.1) is 0 Å². The molecule has 0 radical (unpaired) electrons. The maximum absolute atomic E-state index is 12.2. The Bertz CT molecular complexity index is 1020. The number of carbonyl (C=O) groups is 1. The molecule has 0 atom stereocenters. The van der Waals surface area contributed by atoms with E-state index < -0.39 is 16.0 Å². The minimum absolute atomic E-state index is 0.0430. The van der Waals surface area contributed by atoms with Gasteiger partial charge in [0, 0.05) is 34.3 Å². The highest BCUT2D eigenvalue weighted by atomic mass is 35.5. The smallest absolute Gasteiger partial charge is 0.336 e. The Morgan fingerprint density at radius 3 is 2.42 bits per heavy atom. The number of halogens is 2. The lowest BCUT2D eigenvalue weighted by Crippen LogP contribution is -2.28. The van der Waals surface area contributed by atoms with E-state index in [-0.39, 0.29) is 5.76 Å². The van der Waals surface area contributed by atoms with Crippen LogP contribution in [0.4, 0.5) is 5.69 Å². The summed E-state index contributed by atoms with van der Waals surface area (Å²) in [5.74, 6) is -0.791. The summed E-state index contributed by atoms with van der Waals surface area (Å²) in [5, 5.41) is 1.68. The molecule has 1 aliphatic rings. The molecule has 2 aromatic carbocycles. The monoisotopic (exact) mass is 409 g/mol. The van der Waals surface area contributed by atoms with E-state index >= 15 is 0 Å². The van der Waals surface area contributed by atoms with Gasteiger partial charge in [0.2, 0.25) is 0 Å². The lowest BCUT2D eigenvalue weighted by atomic mass is 10.1. The number of rotatable bonds is 3. The number of benzene rings is 2. The molecular weight excluding hydrogens is 397 g/mol. The first-order valence-electron chi connectivity index (χ1n) is 7.43. The summed E-state index contributed by atoms with van der Waals surface area (Å²) in [6, 6.07) is 11.7. The average molecular weight is 410 g/mol. The Morgan fingerprint density at radius 2 is 1.73 bits per heavy atom. The predicted molar refractivity (Wildman–Crippen MR) is 103 cm³/mol. The number of hydrogen-bond donors (Lipinski definition) is 0. The summed E-state index contributed by atoms with van der Waals surface area (Å²) < 4.78 is 30.8. The fraction of sp³-hybridized carbons (Fsp3) is 0.0556. The lowest BCUT2D eigenvalue weighted by molar-refractivity contribution is -0.131. The van der Waals surface area contributed by atoms with Gasteiger partial charge < -0.3 is 4.74 Å². The summed E-state index contributed by atoms with van der Waals surface area (Å²) in [5.41, 5.74) is 1.40. The van der Waals surface area contributed by atoms with Gasteiger partial charge in [0.15, 0.2) is 5.76 Å². The van der Waals surface area contributed by atoms with E-state index in [4.69, 9.17) is 27.9 Å². The van der Waals surface area contributed by atoms with Crippen molar-refractivity contribution in [2.24, 2.45) is 0 Å². The average Bonchev–Trinajstić information content (AvgIpc) is 2.59. The molecule has 0 unspecified atom stereocenters. The molecule has 0 saturated heterocycles. The highest BCUT2D eigenvalue weighted by molar-refractivity contribution is 7.95. The van der Waals surface area contributed by atoms with E-state index in [1.54, 1.807) is 42.5 Å². The van der Waals surface area contributed by atoms with Crippen LogP contribution in [0.3, 0.4) is 0 Å². The Hall–Kier alpha value is -2.28. The largest absolute Gasteiger partial charge is 0.422 e. The molecule has 8 heteroatoms. The van der Waals surface area contributed by atoms with Crippen LogP contribution in [0.2, 0.25) is 10.0 Å². The zero-order valence-corrected chi connectivity index (χ0v) is 15.8. The number of para-hydroxylation sites is 1. The molecule has 0 aromatic heterocycles. The van der Waals surface area contributed by atoms with E-state index in [9.17, 15) is 13.2 Å². The molecule has 0 spiro atoms. The second-order valence-corrected chi connectivity index (χ2v) is 8.03. The first-order valence-corrected chi connectivity index (χ1v) is 9.69. The number of nitrogens with zero attached hydrogens (tertiary/aromatic N) is 1. The van der Waals surface area contributed by atoms with Gasteiger partial charge in [-0.3, -0.25) is 4.31 Å². The minimum Gasteiger partial charge on any atom is -0.422 e. The van der Waals surface area contributed by atoms with E-state index in [0.717, 1.165) is 15.8 Å². The van der Waals surface area contributed by atoms with Crippen molar-refractivity contribution < 1.29 is 17.9 Å². The van der Waals surface area contributed by atoms with Crippen molar-refractivity contribution >= 4 is 56.7 Å². The Kier molecular flexibility index (Phi) is 5.09. The number of fused-ring (bicyclic) bond motifs is 1. The van der Waals surface area contributed by atoms with Crippen LogP contribution < -0.4 is 4.31 Å². The Labute approximate surface area is 161 Å². The van der Waals surface area contributed by atoms with Crippen LogP contribution in [0.25, 0.3) is 11.8 Å². The van der Waals surface area contributed by atoms with Gasteiger partial charge in [-0.25, -0.2) is 13.2 Å². The molecule has 0 saturated carbocycles. The van der Waals surface area contributed by atoms with E-state index in [1.165, 1.54) is 13.1 Å². The van der Waals surface area contributed by atoms with Gasteiger partial charge in [0.1, 0.15) is 0 Å². The van der Waals surface area contributed by atoms with Crippen molar-refractivity contribution in [2.45, 2.75) is 0 Å². The predicted octanol–water partition coefficient (Wildman–Crippen LogP) is 4.33. The van der Waals surface area contributed by atoms with Crippen LogP contribution in [0.5, 0.6) is 0 Å². The molecule has 1 aliphatic heterocycles. The van der Waals surface area contributed by atoms with Crippen molar-refractivity contribution in [2.75, 3.05) is 11.4 Å². The molecule has 2 aromatic rings. The third kappa shape index (κ3) is 3.62. The highest BCUT2D eigenvalue weighted by Gasteiger charge is 2.28. The van der Waals surface area contributed by atoms with Gasteiger partial charge in [-0.1, -0.05) is 41.4 Å². The standard InChI is InChI=1S/C18H13Cl2NO4S/c1-21-16-8-3-2-5-13(16)17(11-26(21,23)24)25-18(22)10-9-12-14(19)6-4-7-15(12)20/h2-11H,1H3/b10-9+. The normalized spacial score (nSPS) is 15.5. The third-order valence-electron chi connectivity index (χ3n) is 3.74. The van der Waals surface area contributed by atoms with Crippen LogP contribution in [0.15, 0.2) is 53.9 Å². The maximum Gasteiger partial charge on any atom is 0.336 e. The number of sulfonamides is 1. The summed E-state index contributed by atoms with van der Waals surface area (Å²) in [6.07, 6.45) is 2.56. The van der Waals surface area contributed by atoms with E-state index in [0.29, 0.717) is 26.9 Å². The molecule has 0 bridgehead atoms. The van der Waals surface area contributed by atoms with Gasteiger partial charge in [-0.2, -0.15) is 0 Å². The quantitative estimate of drug-likeness (QED) is 0.558. The Morgan fingerprint density at radius 1 is 1.08 bits per heavy atom. The highest BCUT2D eigenvalue weighted by Crippen LogP contribution is 2.34. The molecule has 26 heavy (non-hydrogen) atoms. The van der Waals surface area contributed by atoms with Crippen LogP contribution in [0.1, 0.15) is 11.1 Å². The topological polar surface area (TPSA) is 63.7 Å². The molecule has 3 rings (SSSR count). The van der Waals surface area contributed by atoms with Crippen LogP contribution in [-0.2, 0) is 19.6 Å². The molecule has 5 nitrogen and oxygen atoms in total. The summed E-state index contributed by atoms with van der Waals surface area (Å²) >= 11 is 12.1. The van der Waals surface area contributed by atoms with Gasteiger partial charge in [-0.05, 0) is 30.3 Å². The molecule has 0 aliphatic carbocycles. The van der Waals surface area contributed by atoms with Crippen molar-refractivity contribution in [3.8, 4) is 0 Å². The number of ether oxygens (including phenoxy) is 1. The summed E-state index contributed by atoms with van der Waals surface area (Å²) in [7, 11) is -2.29. The van der Waals surface area contributed by atoms with Gasteiger partial charge in [0.05, 0.1) is 11.1 Å². The van der Waals surface area contributed by atoms with Crippen molar-refractivity contribution in [3.63, 3.8) is 0 Å². The molecule has 0 fully saturated rings. The second-order valence-electron chi connectivity index (χ2n) is 5.40. The fourth-order valence-electron chi connectivity index (χ4n) is 2.41. The maximum atomic E-state index is 12.2. The molecule has 0 amide bonds. The van der Waals surface area contributed by atoms with Gasteiger partial charge in [-0.15, -0.1) is 0 Å². The molecule has 134 valence electrons. The number of anilines is 1. The van der Waals surface area contributed by atoms with Crippen molar-refractivity contribution in [1.29, 1.82) is 0 Å². The number of hydrogen-bond acceptors (Lipinski definition) is 4. The van der Waals surface area contributed by atoms with E-state index in [2.05, 4.69) is 0 Å². The van der Waals surface area contributed by atoms with Crippen molar-refractivity contribution in [1.82, 2.24) is 0 Å². The fourth-order valence-corrected chi connectivity index (χ4v) is 3.97. The minimum atomic E-state index is -3.72. The van der Waals surface area contributed by atoms with Crippen LogP contribution >= 0.6 is 23.2 Å². The zero-order chi connectivity index (χ0) is 18.9. The summed E-state index contributed by atoms with van der Waals surface area (Å²) in [6.45, 7) is 0. The number of carbonyl (C=O) groups excluding carboxylic acids is 1. The second kappa shape index (κ2) is 7.15. The summed E-state index contributed by atoms with van der Waals surface area (Å²) in [4.78, 5) is 12.2. The first-order chi connectivity index (χ1) is 12.3. The third-order valence-corrected chi connectivity index (χ3v) is 5.87. The lowest BCUT2D eigenvalue weighted by Gasteiger charge is -2.25. The van der Waals surface area contributed by atoms with E-state index in [1.807, 2.05) is 0 Å². The van der Waals surface area contributed by atoms with Gasteiger partial charge >= 0.3 is 5.97 Å². The molecular formula is C18H13Cl2NO4S. The Balaban J connectivity index is 1.89. The van der Waals surface area contributed by atoms with Crippen LogP contribution in [-0.4, -0.2) is 21.4 Å². The van der Waals surface area contributed by atoms with Gasteiger partial charge in [0.25, 0.3) is 10.0 Å². The first kappa shape index (κ1) is 18.5. The SMILES string of the molecule is CN1c2ccccc2C(OC(=O)/C=C/c2c(Cl)cccc2Cl)=CS1(=O)=O. The molecule has 1 heterocycles. The molecule has 0 N–H and O–H groups in total. The number of esters is 1. The van der Waals surface area contributed by atoms with Crippen molar-refractivity contribution in [3.05, 3.63) is 75.1 Å². The zero-order valence-electron chi connectivity index (χ0n) is 13.5.